The smallest absolute Gasteiger partial charge is 0.243 e. The molecule has 0 saturated heterocycles. The first kappa shape index (κ1) is 22.9. The van der Waals surface area contributed by atoms with Crippen molar-refractivity contribution in [3.8, 4) is 0 Å². The standard InChI is InChI=1S/C18H34N4OS.HI/c1-13-7-5-6-8-16(13)21-18(19-12-17(23)22(2)3)20-14-9-10-15(11-14)24-4;/h13-16H,5-12H2,1-4H3,(H2,19,20,21);1H. The summed E-state index contributed by atoms with van der Waals surface area (Å²) in [7, 11) is 3.56. The van der Waals surface area contributed by atoms with Crippen LogP contribution in [0, 0.1) is 5.92 Å². The number of halogens is 1. The van der Waals surface area contributed by atoms with Gasteiger partial charge in [0.25, 0.3) is 0 Å². The molecule has 0 radical (unpaired) electrons. The zero-order valence-corrected chi connectivity index (χ0v) is 19.2. The summed E-state index contributed by atoms with van der Waals surface area (Å²) in [6.45, 7) is 2.53. The van der Waals surface area contributed by atoms with Gasteiger partial charge in [-0.25, -0.2) is 4.99 Å². The van der Waals surface area contributed by atoms with E-state index in [0.29, 0.717) is 18.0 Å². The first-order chi connectivity index (χ1) is 11.5. The van der Waals surface area contributed by atoms with E-state index in [2.05, 4.69) is 28.8 Å². The molecule has 0 bridgehead atoms. The number of likely N-dealkylation sites (N-methyl/N-ethyl adjacent to an activating group) is 1. The zero-order valence-electron chi connectivity index (χ0n) is 16.1. The van der Waals surface area contributed by atoms with E-state index in [1.54, 1.807) is 19.0 Å². The molecule has 2 N–H and O–H groups in total. The summed E-state index contributed by atoms with van der Waals surface area (Å²) in [4.78, 5) is 18.1. The van der Waals surface area contributed by atoms with Gasteiger partial charge in [-0.2, -0.15) is 11.8 Å². The van der Waals surface area contributed by atoms with E-state index in [1.807, 2.05) is 11.8 Å². The molecule has 0 spiro atoms. The maximum atomic E-state index is 11.9. The molecule has 4 atom stereocenters. The van der Waals surface area contributed by atoms with Crippen LogP contribution in [0.15, 0.2) is 4.99 Å². The average molecular weight is 482 g/mol. The Bertz CT molecular complexity index is 447. The van der Waals surface area contributed by atoms with Crippen LogP contribution in [0.1, 0.15) is 51.9 Å². The monoisotopic (exact) mass is 482 g/mol. The highest BCUT2D eigenvalue weighted by molar-refractivity contribution is 14.0. The minimum Gasteiger partial charge on any atom is -0.354 e. The third kappa shape index (κ3) is 7.53. The van der Waals surface area contributed by atoms with E-state index in [4.69, 9.17) is 0 Å². The average Bonchev–Trinajstić information content (AvgIpc) is 3.01. The van der Waals surface area contributed by atoms with Crippen molar-refractivity contribution in [2.45, 2.75) is 69.2 Å². The third-order valence-electron chi connectivity index (χ3n) is 5.36. The summed E-state index contributed by atoms with van der Waals surface area (Å²) in [5, 5.41) is 7.97. The van der Waals surface area contributed by atoms with Crippen LogP contribution >= 0.6 is 35.7 Å². The molecule has 4 unspecified atom stereocenters. The van der Waals surface area contributed by atoms with Gasteiger partial charge in [0.15, 0.2) is 5.96 Å². The molecule has 25 heavy (non-hydrogen) atoms. The van der Waals surface area contributed by atoms with Crippen LogP contribution in [-0.2, 0) is 4.79 Å². The number of carbonyl (C=O) groups excluding carboxylic acids is 1. The molecule has 0 aliphatic heterocycles. The number of amides is 1. The minimum absolute atomic E-state index is 0. The Balaban J connectivity index is 0.00000312. The number of carbonyl (C=O) groups is 1. The van der Waals surface area contributed by atoms with Crippen molar-refractivity contribution in [3.63, 3.8) is 0 Å². The van der Waals surface area contributed by atoms with E-state index in [9.17, 15) is 4.79 Å². The van der Waals surface area contributed by atoms with Gasteiger partial charge < -0.3 is 15.5 Å². The molecule has 2 saturated carbocycles. The molecule has 0 aromatic rings. The molecule has 2 fully saturated rings. The molecule has 5 nitrogen and oxygen atoms in total. The van der Waals surface area contributed by atoms with Gasteiger partial charge in [0.05, 0.1) is 0 Å². The summed E-state index contributed by atoms with van der Waals surface area (Å²) in [5.41, 5.74) is 0. The van der Waals surface area contributed by atoms with Gasteiger partial charge in [-0.1, -0.05) is 19.8 Å². The van der Waals surface area contributed by atoms with Crippen molar-refractivity contribution in [3.05, 3.63) is 0 Å². The van der Waals surface area contributed by atoms with E-state index in [-0.39, 0.29) is 36.4 Å². The molecule has 1 amide bonds. The second-order valence-electron chi connectivity index (χ2n) is 7.48. The lowest BCUT2D eigenvalue weighted by Crippen LogP contribution is -2.50. The molecular weight excluding hydrogens is 447 g/mol. The quantitative estimate of drug-likeness (QED) is 0.359. The molecule has 7 heteroatoms. The normalized spacial score (nSPS) is 29.7. The molecule has 0 heterocycles. The highest BCUT2D eigenvalue weighted by Gasteiger charge is 2.27. The Morgan fingerprint density at radius 2 is 1.88 bits per heavy atom. The second-order valence-corrected chi connectivity index (χ2v) is 8.62. The first-order valence-corrected chi connectivity index (χ1v) is 10.6. The second kappa shape index (κ2) is 11.5. The van der Waals surface area contributed by atoms with Gasteiger partial charge >= 0.3 is 0 Å². The number of nitrogens with one attached hydrogen (secondary N) is 2. The maximum absolute atomic E-state index is 11.9. The molecule has 146 valence electrons. The minimum atomic E-state index is 0. The molecule has 0 aromatic carbocycles. The van der Waals surface area contributed by atoms with Gasteiger partial charge in [0.1, 0.15) is 6.54 Å². The van der Waals surface area contributed by atoms with Crippen LogP contribution in [-0.4, -0.2) is 61.0 Å². The largest absolute Gasteiger partial charge is 0.354 e. The highest BCUT2D eigenvalue weighted by atomic mass is 127. The number of aliphatic imine (C=N–C) groups is 1. The van der Waals surface area contributed by atoms with Crippen molar-refractivity contribution < 1.29 is 4.79 Å². The predicted octanol–water partition coefficient (Wildman–Crippen LogP) is 3.09. The highest BCUT2D eigenvalue weighted by Crippen LogP contribution is 2.28. The van der Waals surface area contributed by atoms with Gasteiger partial charge in [-0.3, -0.25) is 4.79 Å². The Morgan fingerprint density at radius 3 is 2.48 bits per heavy atom. The van der Waals surface area contributed by atoms with Crippen LogP contribution in [0.25, 0.3) is 0 Å². The van der Waals surface area contributed by atoms with E-state index < -0.39 is 0 Å². The lowest BCUT2D eigenvalue weighted by molar-refractivity contribution is -0.127. The fraction of sp³-hybridized carbons (Fsp3) is 0.889. The Kier molecular flexibility index (Phi) is 10.5. The summed E-state index contributed by atoms with van der Waals surface area (Å²) >= 11 is 1.96. The van der Waals surface area contributed by atoms with Crippen molar-refractivity contribution in [1.29, 1.82) is 0 Å². The van der Waals surface area contributed by atoms with E-state index >= 15 is 0 Å². The van der Waals surface area contributed by atoms with E-state index in [0.717, 1.165) is 11.2 Å². The van der Waals surface area contributed by atoms with Crippen molar-refractivity contribution in [2.75, 3.05) is 26.9 Å². The van der Waals surface area contributed by atoms with Crippen LogP contribution in [0.2, 0.25) is 0 Å². The molecule has 2 aliphatic rings. The zero-order chi connectivity index (χ0) is 17.5. The summed E-state index contributed by atoms with van der Waals surface area (Å²) in [6.07, 6.45) is 10.9. The molecule has 0 aromatic heterocycles. The van der Waals surface area contributed by atoms with Crippen LogP contribution < -0.4 is 10.6 Å². The fourth-order valence-corrected chi connectivity index (χ4v) is 4.40. The lowest BCUT2D eigenvalue weighted by Gasteiger charge is -2.31. The summed E-state index contributed by atoms with van der Waals surface area (Å²) < 4.78 is 0. The number of nitrogens with zero attached hydrogens (tertiary/aromatic N) is 2. The van der Waals surface area contributed by atoms with E-state index in [1.165, 1.54) is 44.9 Å². The fourth-order valence-electron chi connectivity index (χ4n) is 3.61. The first-order valence-electron chi connectivity index (χ1n) is 9.30. The topological polar surface area (TPSA) is 56.7 Å². The number of hydrogen-bond donors (Lipinski definition) is 2. The molecule has 2 rings (SSSR count). The van der Waals surface area contributed by atoms with Crippen molar-refractivity contribution in [2.24, 2.45) is 10.9 Å². The molecule has 2 aliphatic carbocycles. The maximum Gasteiger partial charge on any atom is 0.243 e. The van der Waals surface area contributed by atoms with Crippen molar-refractivity contribution in [1.82, 2.24) is 15.5 Å². The Morgan fingerprint density at radius 1 is 1.16 bits per heavy atom. The van der Waals surface area contributed by atoms with Crippen molar-refractivity contribution >= 4 is 47.6 Å². The number of thioether (sulfide) groups is 1. The van der Waals surface area contributed by atoms with Gasteiger partial charge in [-0.05, 0) is 44.3 Å². The van der Waals surface area contributed by atoms with Gasteiger partial charge in [0, 0.05) is 31.4 Å². The van der Waals surface area contributed by atoms with Crippen LogP contribution in [0.4, 0.5) is 0 Å². The Labute approximate surface area is 174 Å². The van der Waals surface area contributed by atoms with Gasteiger partial charge in [-0.15, -0.1) is 24.0 Å². The third-order valence-corrected chi connectivity index (χ3v) is 6.46. The number of guanidine groups is 1. The van der Waals surface area contributed by atoms with Gasteiger partial charge in [0.2, 0.25) is 5.91 Å². The number of hydrogen-bond acceptors (Lipinski definition) is 3. The summed E-state index contributed by atoms with van der Waals surface area (Å²) in [6, 6.07) is 0.944. The van der Waals surface area contributed by atoms with Crippen LogP contribution in [0.3, 0.4) is 0 Å². The van der Waals surface area contributed by atoms with Crippen LogP contribution in [0.5, 0.6) is 0 Å². The summed E-state index contributed by atoms with van der Waals surface area (Å²) in [5.74, 6) is 1.54. The number of rotatable bonds is 5. The molecular formula is C18H35IN4OS. The SMILES string of the molecule is CSC1CCC(NC(=NCC(=O)N(C)C)NC2CCCCC2C)C1.I. The lowest BCUT2D eigenvalue weighted by atomic mass is 9.86. The predicted molar refractivity (Wildman–Crippen MR) is 119 cm³/mol. The Hall–Kier alpha value is -0.180.